The zero-order valence-corrected chi connectivity index (χ0v) is 14.8. The zero-order valence-electron chi connectivity index (χ0n) is 14.8. The van der Waals surface area contributed by atoms with E-state index in [1.165, 1.54) is 17.0 Å². The summed E-state index contributed by atoms with van der Waals surface area (Å²) >= 11 is 0. The molecule has 1 amide bonds. The monoisotopic (exact) mass is 357 g/mol. The van der Waals surface area contributed by atoms with Gasteiger partial charge >= 0.3 is 0 Å². The van der Waals surface area contributed by atoms with E-state index in [1.807, 2.05) is 13.0 Å². The molecule has 0 radical (unpaired) electrons. The van der Waals surface area contributed by atoms with Crippen LogP contribution in [0.15, 0.2) is 40.9 Å². The molecule has 2 N–H and O–H groups in total. The summed E-state index contributed by atoms with van der Waals surface area (Å²) in [4.78, 5) is 20.8. The van der Waals surface area contributed by atoms with E-state index >= 15 is 0 Å². The van der Waals surface area contributed by atoms with E-state index in [1.54, 1.807) is 32.3 Å². The standard InChI is InChI=1S/C18H20FN5O2/c1-11(20-10-14-7-8-15(21-14)18(25)24(2)3)17-22-16(23-26-17)12-5-4-6-13(19)9-12/h4-9,11,20-21H,10H2,1-3H3. The molecule has 0 spiro atoms. The minimum Gasteiger partial charge on any atom is -0.353 e. The number of nitrogens with zero attached hydrogens (tertiary/aromatic N) is 3. The maximum absolute atomic E-state index is 13.3. The van der Waals surface area contributed by atoms with E-state index in [2.05, 4.69) is 20.4 Å². The summed E-state index contributed by atoms with van der Waals surface area (Å²) in [5.41, 5.74) is 1.96. The highest BCUT2D eigenvalue weighted by atomic mass is 19.1. The average molecular weight is 357 g/mol. The van der Waals surface area contributed by atoms with E-state index in [-0.39, 0.29) is 17.8 Å². The molecule has 26 heavy (non-hydrogen) atoms. The molecule has 0 saturated carbocycles. The van der Waals surface area contributed by atoms with Crippen molar-refractivity contribution in [3.8, 4) is 11.4 Å². The second-order valence-corrected chi connectivity index (χ2v) is 6.17. The Morgan fingerprint density at radius 1 is 1.35 bits per heavy atom. The number of H-pyrrole nitrogens is 1. The van der Waals surface area contributed by atoms with Gasteiger partial charge in [-0.2, -0.15) is 4.98 Å². The number of nitrogens with one attached hydrogen (secondary N) is 2. The van der Waals surface area contributed by atoms with Gasteiger partial charge in [0.1, 0.15) is 11.5 Å². The molecule has 3 rings (SSSR count). The van der Waals surface area contributed by atoms with Gasteiger partial charge in [-0.25, -0.2) is 4.39 Å². The van der Waals surface area contributed by atoms with Gasteiger partial charge in [0.15, 0.2) is 0 Å². The van der Waals surface area contributed by atoms with Crippen LogP contribution in [0.4, 0.5) is 4.39 Å². The van der Waals surface area contributed by atoms with Crippen LogP contribution >= 0.6 is 0 Å². The Bertz CT molecular complexity index is 902. The first kappa shape index (κ1) is 17.8. The van der Waals surface area contributed by atoms with Crippen molar-refractivity contribution in [1.82, 2.24) is 25.3 Å². The molecular weight excluding hydrogens is 337 g/mol. The summed E-state index contributed by atoms with van der Waals surface area (Å²) in [7, 11) is 3.41. The molecule has 0 aliphatic carbocycles. The van der Waals surface area contributed by atoms with E-state index in [0.717, 1.165) is 5.69 Å². The molecule has 1 unspecified atom stereocenters. The Morgan fingerprint density at radius 2 is 2.15 bits per heavy atom. The van der Waals surface area contributed by atoms with Crippen molar-refractivity contribution in [2.75, 3.05) is 14.1 Å². The Labute approximate surface area is 150 Å². The van der Waals surface area contributed by atoms with Crippen LogP contribution in [0.3, 0.4) is 0 Å². The highest BCUT2D eigenvalue weighted by Crippen LogP contribution is 2.19. The number of hydrogen-bond donors (Lipinski definition) is 2. The molecule has 0 fully saturated rings. The van der Waals surface area contributed by atoms with Crippen molar-refractivity contribution in [2.45, 2.75) is 19.5 Å². The molecule has 0 bridgehead atoms. The highest BCUT2D eigenvalue weighted by Gasteiger charge is 2.16. The second-order valence-electron chi connectivity index (χ2n) is 6.17. The number of halogens is 1. The highest BCUT2D eigenvalue weighted by molar-refractivity contribution is 5.92. The summed E-state index contributed by atoms with van der Waals surface area (Å²) in [5, 5.41) is 7.15. The summed E-state index contributed by atoms with van der Waals surface area (Å²) in [6.45, 7) is 2.39. The lowest BCUT2D eigenvalue weighted by molar-refractivity contribution is 0.0822. The maximum atomic E-state index is 13.3. The second kappa shape index (κ2) is 7.49. The molecule has 8 heteroatoms. The van der Waals surface area contributed by atoms with Gasteiger partial charge in [0.05, 0.1) is 6.04 Å². The number of carbonyl (C=O) groups is 1. The Balaban J connectivity index is 1.62. The number of aromatic amines is 1. The van der Waals surface area contributed by atoms with E-state index in [0.29, 0.717) is 29.5 Å². The van der Waals surface area contributed by atoms with Gasteiger partial charge in [-0.3, -0.25) is 4.79 Å². The molecule has 1 aromatic carbocycles. The third-order valence-corrected chi connectivity index (χ3v) is 3.88. The van der Waals surface area contributed by atoms with Crippen LogP contribution in [0.25, 0.3) is 11.4 Å². The van der Waals surface area contributed by atoms with Gasteiger partial charge in [0.2, 0.25) is 11.7 Å². The van der Waals surface area contributed by atoms with Crippen LogP contribution in [0.1, 0.15) is 35.0 Å². The first-order chi connectivity index (χ1) is 12.4. The van der Waals surface area contributed by atoms with Crippen molar-refractivity contribution in [2.24, 2.45) is 0 Å². The SMILES string of the molecule is CC(NCc1ccc(C(=O)N(C)C)[nH]1)c1nc(-c2cccc(F)c2)no1. The summed E-state index contributed by atoms with van der Waals surface area (Å²) in [6, 6.07) is 9.43. The fraction of sp³-hybridized carbons (Fsp3) is 0.278. The van der Waals surface area contributed by atoms with Crippen LogP contribution in [0, 0.1) is 5.82 Å². The van der Waals surface area contributed by atoms with Crippen molar-refractivity contribution in [1.29, 1.82) is 0 Å². The Kier molecular flexibility index (Phi) is 5.13. The van der Waals surface area contributed by atoms with Gasteiger partial charge in [-0.05, 0) is 31.2 Å². The summed E-state index contributed by atoms with van der Waals surface area (Å²) in [6.07, 6.45) is 0. The third-order valence-electron chi connectivity index (χ3n) is 3.88. The van der Waals surface area contributed by atoms with E-state index in [4.69, 9.17) is 4.52 Å². The molecule has 0 saturated heterocycles. The van der Waals surface area contributed by atoms with E-state index in [9.17, 15) is 9.18 Å². The predicted octanol–water partition coefficient (Wildman–Crippen LogP) is 2.76. The number of benzene rings is 1. The van der Waals surface area contributed by atoms with Gasteiger partial charge in [-0.1, -0.05) is 17.3 Å². The Hall–Kier alpha value is -3.00. The third kappa shape index (κ3) is 3.97. The molecular formula is C18H20FN5O2. The van der Waals surface area contributed by atoms with Crippen LogP contribution in [0.5, 0.6) is 0 Å². The summed E-state index contributed by atoms with van der Waals surface area (Å²) < 4.78 is 18.6. The van der Waals surface area contributed by atoms with Crippen LogP contribution in [-0.2, 0) is 6.54 Å². The number of carbonyl (C=O) groups excluding carboxylic acids is 1. The smallest absolute Gasteiger partial charge is 0.269 e. The predicted molar refractivity (Wildman–Crippen MR) is 93.8 cm³/mol. The molecule has 136 valence electrons. The average Bonchev–Trinajstić information content (AvgIpc) is 3.28. The molecule has 0 aliphatic rings. The quantitative estimate of drug-likeness (QED) is 0.708. The van der Waals surface area contributed by atoms with Crippen molar-refractivity contribution >= 4 is 5.91 Å². The fourth-order valence-corrected chi connectivity index (χ4v) is 2.42. The normalized spacial score (nSPS) is 12.2. The number of amides is 1. The van der Waals surface area contributed by atoms with Crippen molar-refractivity contribution in [3.05, 3.63) is 59.5 Å². The van der Waals surface area contributed by atoms with Crippen LogP contribution in [-0.4, -0.2) is 40.0 Å². The number of hydrogen-bond acceptors (Lipinski definition) is 5. The summed E-state index contributed by atoms with van der Waals surface area (Å²) in [5.74, 6) is 0.308. The largest absolute Gasteiger partial charge is 0.353 e. The molecule has 1 atom stereocenters. The van der Waals surface area contributed by atoms with Crippen LogP contribution in [0.2, 0.25) is 0 Å². The minimum absolute atomic E-state index is 0.0825. The Morgan fingerprint density at radius 3 is 2.88 bits per heavy atom. The van der Waals surface area contributed by atoms with Crippen molar-refractivity contribution < 1.29 is 13.7 Å². The van der Waals surface area contributed by atoms with Gasteiger partial charge in [0.25, 0.3) is 5.91 Å². The lowest BCUT2D eigenvalue weighted by Crippen LogP contribution is -2.22. The minimum atomic E-state index is -0.352. The lowest BCUT2D eigenvalue weighted by Gasteiger charge is -2.09. The van der Waals surface area contributed by atoms with Crippen molar-refractivity contribution in [3.63, 3.8) is 0 Å². The maximum Gasteiger partial charge on any atom is 0.269 e. The molecule has 2 heterocycles. The molecule has 0 aliphatic heterocycles. The topological polar surface area (TPSA) is 87.0 Å². The fourth-order valence-electron chi connectivity index (χ4n) is 2.42. The molecule has 3 aromatic rings. The van der Waals surface area contributed by atoms with Gasteiger partial charge < -0.3 is 19.7 Å². The first-order valence-corrected chi connectivity index (χ1v) is 8.16. The van der Waals surface area contributed by atoms with Gasteiger partial charge in [-0.15, -0.1) is 0 Å². The van der Waals surface area contributed by atoms with Crippen LogP contribution < -0.4 is 5.32 Å². The molecule has 7 nitrogen and oxygen atoms in total. The van der Waals surface area contributed by atoms with Gasteiger partial charge in [0, 0.05) is 31.9 Å². The molecule has 2 aromatic heterocycles. The number of rotatable bonds is 6. The van der Waals surface area contributed by atoms with E-state index < -0.39 is 0 Å². The zero-order chi connectivity index (χ0) is 18.7. The lowest BCUT2D eigenvalue weighted by atomic mass is 10.2. The number of aromatic nitrogens is 3. The first-order valence-electron chi connectivity index (χ1n) is 8.16.